The average Bonchev–Trinajstić information content (AvgIpc) is 2.66. The minimum absolute atomic E-state index is 0.0649. The van der Waals surface area contributed by atoms with Crippen LogP contribution in [0.4, 0.5) is 19.0 Å². The van der Waals surface area contributed by atoms with Crippen LogP contribution in [0.2, 0.25) is 0 Å². The summed E-state index contributed by atoms with van der Waals surface area (Å²) in [6.07, 6.45) is 1.15. The number of hydrogen-bond donors (Lipinski definition) is 1. The van der Waals surface area contributed by atoms with Crippen molar-refractivity contribution in [3.05, 3.63) is 41.3 Å². The summed E-state index contributed by atoms with van der Waals surface area (Å²) in [4.78, 5) is 0. The van der Waals surface area contributed by atoms with Crippen molar-refractivity contribution in [2.24, 2.45) is 0 Å². The molecule has 0 aliphatic heterocycles. The number of nitriles is 1. The van der Waals surface area contributed by atoms with E-state index in [0.717, 1.165) is 23.0 Å². The van der Waals surface area contributed by atoms with Crippen LogP contribution in [-0.4, -0.2) is 9.78 Å². The lowest BCUT2D eigenvalue weighted by Gasteiger charge is -2.05. The summed E-state index contributed by atoms with van der Waals surface area (Å²) in [6.45, 7) is 0. The van der Waals surface area contributed by atoms with E-state index in [4.69, 9.17) is 11.0 Å². The van der Waals surface area contributed by atoms with E-state index in [1.54, 1.807) is 6.07 Å². The Morgan fingerprint density at radius 3 is 2.29 bits per heavy atom. The van der Waals surface area contributed by atoms with Gasteiger partial charge in [0.15, 0.2) is 17.5 Å². The second-order valence-electron chi connectivity index (χ2n) is 3.19. The quantitative estimate of drug-likeness (QED) is 0.769. The fourth-order valence-electron chi connectivity index (χ4n) is 1.31. The smallest absolute Gasteiger partial charge is 0.194 e. The highest BCUT2D eigenvalue weighted by Crippen LogP contribution is 2.20. The third-order valence-electron chi connectivity index (χ3n) is 2.14. The number of nitrogen functional groups attached to an aromatic ring is 1. The zero-order chi connectivity index (χ0) is 12.6. The van der Waals surface area contributed by atoms with E-state index >= 15 is 0 Å². The first-order valence-corrected chi connectivity index (χ1v) is 4.43. The first-order valence-electron chi connectivity index (χ1n) is 4.43. The van der Waals surface area contributed by atoms with Crippen LogP contribution in [0.5, 0.6) is 0 Å². The highest BCUT2D eigenvalue weighted by atomic mass is 19.2. The Bertz CT molecular complexity index is 604. The van der Waals surface area contributed by atoms with E-state index < -0.39 is 17.5 Å². The minimum atomic E-state index is -1.57. The van der Waals surface area contributed by atoms with E-state index in [-0.39, 0.29) is 17.1 Å². The maximum Gasteiger partial charge on any atom is 0.194 e. The molecule has 1 heterocycles. The molecule has 0 amide bonds. The van der Waals surface area contributed by atoms with Crippen LogP contribution >= 0.6 is 0 Å². The Labute approximate surface area is 93.7 Å². The maximum absolute atomic E-state index is 13.0. The highest BCUT2D eigenvalue weighted by molar-refractivity contribution is 5.52. The van der Waals surface area contributed by atoms with Gasteiger partial charge in [-0.15, -0.1) is 0 Å². The number of nitrogens with zero attached hydrogens (tertiary/aromatic N) is 3. The van der Waals surface area contributed by atoms with Gasteiger partial charge in [-0.1, -0.05) is 0 Å². The molecule has 4 nitrogen and oxygen atoms in total. The zero-order valence-electron chi connectivity index (χ0n) is 8.28. The van der Waals surface area contributed by atoms with Gasteiger partial charge < -0.3 is 5.73 Å². The molecule has 0 saturated heterocycles. The van der Waals surface area contributed by atoms with Gasteiger partial charge in [0.2, 0.25) is 0 Å². The molecule has 2 rings (SSSR count). The van der Waals surface area contributed by atoms with Gasteiger partial charge in [0.25, 0.3) is 0 Å². The van der Waals surface area contributed by atoms with Crippen molar-refractivity contribution in [2.75, 3.05) is 5.73 Å². The lowest BCUT2D eigenvalue weighted by Crippen LogP contribution is -2.04. The molecule has 0 unspecified atom stereocenters. The van der Waals surface area contributed by atoms with Gasteiger partial charge in [-0.25, -0.2) is 17.9 Å². The summed E-state index contributed by atoms with van der Waals surface area (Å²) in [5, 5.41) is 12.3. The molecule has 0 aliphatic carbocycles. The molecule has 2 N–H and O–H groups in total. The van der Waals surface area contributed by atoms with Crippen LogP contribution in [0.3, 0.4) is 0 Å². The average molecular weight is 238 g/mol. The molecular formula is C10H5F3N4. The van der Waals surface area contributed by atoms with E-state index in [2.05, 4.69) is 5.10 Å². The van der Waals surface area contributed by atoms with Gasteiger partial charge in [0, 0.05) is 12.1 Å². The summed E-state index contributed by atoms with van der Waals surface area (Å²) >= 11 is 0. The number of nitrogens with two attached hydrogens (primary N) is 1. The molecule has 0 saturated carbocycles. The number of rotatable bonds is 1. The summed E-state index contributed by atoms with van der Waals surface area (Å²) in [7, 11) is 0. The van der Waals surface area contributed by atoms with Gasteiger partial charge in [0.05, 0.1) is 11.9 Å². The van der Waals surface area contributed by atoms with E-state index in [9.17, 15) is 13.2 Å². The second-order valence-corrected chi connectivity index (χ2v) is 3.19. The van der Waals surface area contributed by atoms with Crippen LogP contribution in [0.1, 0.15) is 5.56 Å². The second kappa shape index (κ2) is 3.83. The fraction of sp³-hybridized carbons (Fsp3) is 0. The Kier molecular flexibility index (Phi) is 2.48. The van der Waals surface area contributed by atoms with Crippen LogP contribution in [0.15, 0.2) is 18.3 Å². The van der Waals surface area contributed by atoms with Crippen molar-refractivity contribution in [1.29, 1.82) is 5.26 Å². The number of anilines is 1. The Morgan fingerprint density at radius 1 is 1.24 bits per heavy atom. The Morgan fingerprint density at radius 2 is 1.82 bits per heavy atom. The summed E-state index contributed by atoms with van der Waals surface area (Å²) in [5.41, 5.74) is 5.49. The highest BCUT2D eigenvalue weighted by Gasteiger charge is 2.14. The van der Waals surface area contributed by atoms with Crippen LogP contribution in [0.25, 0.3) is 5.69 Å². The van der Waals surface area contributed by atoms with Gasteiger partial charge in [0.1, 0.15) is 17.5 Å². The molecule has 86 valence electrons. The van der Waals surface area contributed by atoms with Crippen molar-refractivity contribution < 1.29 is 13.2 Å². The van der Waals surface area contributed by atoms with Crippen LogP contribution in [0, 0.1) is 28.8 Å². The number of hydrogen-bond acceptors (Lipinski definition) is 3. The maximum atomic E-state index is 13.0. The fourth-order valence-corrected chi connectivity index (χ4v) is 1.31. The predicted molar refractivity (Wildman–Crippen MR) is 52.6 cm³/mol. The molecule has 0 fully saturated rings. The summed E-state index contributed by atoms with van der Waals surface area (Å²) < 4.78 is 39.7. The van der Waals surface area contributed by atoms with Crippen molar-refractivity contribution in [2.45, 2.75) is 0 Å². The monoisotopic (exact) mass is 238 g/mol. The molecule has 1 aromatic carbocycles. The molecule has 0 radical (unpaired) electrons. The minimum Gasteiger partial charge on any atom is -0.382 e. The molecule has 0 atom stereocenters. The third kappa shape index (κ3) is 1.69. The summed E-state index contributed by atoms with van der Waals surface area (Å²) in [5.74, 6) is -4.35. The number of halogens is 3. The third-order valence-corrected chi connectivity index (χ3v) is 2.14. The molecular weight excluding hydrogens is 233 g/mol. The molecule has 7 heteroatoms. The summed E-state index contributed by atoms with van der Waals surface area (Å²) in [6, 6.07) is 3.23. The standard InChI is InChI=1S/C10H5F3N4/c11-7-1-6(2-8(12)9(7)13)17-10(15)5(3-14)4-16-17/h1-2,4H,15H2. The molecule has 0 aliphatic rings. The molecule has 0 bridgehead atoms. The molecule has 2 aromatic rings. The molecule has 17 heavy (non-hydrogen) atoms. The van der Waals surface area contributed by atoms with Crippen LogP contribution < -0.4 is 5.73 Å². The van der Waals surface area contributed by atoms with Crippen molar-refractivity contribution in [3.63, 3.8) is 0 Å². The first kappa shape index (κ1) is 11.0. The van der Waals surface area contributed by atoms with Gasteiger partial charge in [-0.3, -0.25) is 0 Å². The number of aromatic nitrogens is 2. The van der Waals surface area contributed by atoms with Gasteiger partial charge >= 0.3 is 0 Å². The zero-order valence-corrected chi connectivity index (χ0v) is 8.28. The Balaban J connectivity index is 2.62. The molecule has 1 aromatic heterocycles. The first-order chi connectivity index (χ1) is 8.04. The predicted octanol–water partition coefficient (Wildman–Crippen LogP) is 1.74. The van der Waals surface area contributed by atoms with E-state index in [0.29, 0.717) is 0 Å². The van der Waals surface area contributed by atoms with Crippen molar-refractivity contribution in [1.82, 2.24) is 9.78 Å². The van der Waals surface area contributed by atoms with E-state index in [1.165, 1.54) is 0 Å². The Hall–Kier alpha value is -2.49. The largest absolute Gasteiger partial charge is 0.382 e. The van der Waals surface area contributed by atoms with Crippen LogP contribution in [-0.2, 0) is 0 Å². The van der Waals surface area contributed by atoms with E-state index in [1.807, 2.05) is 0 Å². The SMILES string of the molecule is N#Cc1cnn(-c2cc(F)c(F)c(F)c2)c1N. The number of benzene rings is 1. The lowest BCUT2D eigenvalue weighted by atomic mass is 10.3. The van der Waals surface area contributed by atoms with Gasteiger partial charge in [-0.2, -0.15) is 10.4 Å². The lowest BCUT2D eigenvalue weighted by molar-refractivity contribution is 0.446. The van der Waals surface area contributed by atoms with Gasteiger partial charge in [-0.05, 0) is 0 Å². The topological polar surface area (TPSA) is 67.6 Å². The van der Waals surface area contributed by atoms with Crippen molar-refractivity contribution in [3.8, 4) is 11.8 Å². The van der Waals surface area contributed by atoms with Crippen molar-refractivity contribution >= 4 is 5.82 Å². The molecule has 0 spiro atoms. The normalized spacial score (nSPS) is 10.2.